The Morgan fingerprint density at radius 2 is 2.00 bits per heavy atom. The van der Waals surface area contributed by atoms with Gasteiger partial charge in [-0.25, -0.2) is 18.4 Å². The Labute approximate surface area is 130 Å². The maximum atomic E-state index is 12.4. The third-order valence-electron chi connectivity index (χ3n) is 2.59. The first kappa shape index (κ1) is 15.2. The van der Waals surface area contributed by atoms with Crippen LogP contribution in [0.15, 0.2) is 33.9 Å². The summed E-state index contributed by atoms with van der Waals surface area (Å²) >= 11 is 9.12. The fraction of sp³-hybridized carbons (Fsp3) is 0.167. The normalized spacial score (nSPS) is 11.4. The van der Waals surface area contributed by atoms with Gasteiger partial charge in [0.1, 0.15) is 4.60 Å². The summed E-state index contributed by atoms with van der Waals surface area (Å²) in [5, 5.41) is 0.391. The van der Waals surface area contributed by atoms with Crippen LogP contribution in [0.25, 0.3) is 0 Å². The van der Waals surface area contributed by atoms with E-state index in [1.165, 1.54) is 12.3 Å². The molecule has 106 valence electrons. The quantitative estimate of drug-likeness (QED) is 0.892. The number of halogens is 2. The van der Waals surface area contributed by atoms with E-state index in [-0.39, 0.29) is 10.7 Å². The summed E-state index contributed by atoms with van der Waals surface area (Å²) in [6, 6.07) is 4.70. The maximum Gasteiger partial charge on any atom is 0.263 e. The number of nitrogens with zero attached hydrogens (tertiary/aromatic N) is 2. The molecule has 20 heavy (non-hydrogen) atoms. The molecule has 1 aromatic heterocycles. The monoisotopic (exact) mass is 375 g/mol. The number of nitrogens with one attached hydrogen (secondary N) is 1. The van der Waals surface area contributed by atoms with Crippen molar-refractivity contribution in [3.05, 3.63) is 45.3 Å². The lowest BCUT2D eigenvalue weighted by Crippen LogP contribution is -2.16. The Kier molecular flexibility index (Phi) is 4.31. The summed E-state index contributed by atoms with van der Waals surface area (Å²) in [5.74, 6) is 0.134. The third kappa shape index (κ3) is 3.11. The number of hydrogen-bond acceptors (Lipinski definition) is 4. The van der Waals surface area contributed by atoms with Gasteiger partial charge in [0.05, 0.1) is 16.8 Å². The largest absolute Gasteiger partial charge is 0.263 e. The van der Waals surface area contributed by atoms with E-state index in [1.807, 2.05) is 0 Å². The topological polar surface area (TPSA) is 72.0 Å². The average molecular weight is 377 g/mol. The van der Waals surface area contributed by atoms with Crippen LogP contribution in [0.4, 0.5) is 5.82 Å². The average Bonchev–Trinajstić information content (AvgIpc) is 2.36. The van der Waals surface area contributed by atoms with E-state index in [0.29, 0.717) is 20.9 Å². The summed E-state index contributed by atoms with van der Waals surface area (Å²) < 4.78 is 27.4. The van der Waals surface area contributed by atoms with Crippen LogP contribution in [0.3, 0.4) is 0 Å². The molecule has 5 nitrogen and oxygen atoms in total. The van der Waals surface area contributed by atoms with Crippen molar-refractivity contribution in [2.75, 3.05) is 4.72 Å². The third-order valence-corrected chi connectivity index (χ3v) is 5.03. The second-order valence-corrected chi connectivity index (χ2v) is 6.93. The number of anilines is 1. The fourth-order valence-electron chi connectivity index (χ4n) is 1.58. The van der Waals surface area contributed by atoms with Crippen molar-refractivity contribution in [3.8, 4) is 0 Å². The zero-order valence-electron chi connectivity index (χ0n) is 10.7. The van der Waals surface area contributed by atoms with Gasteiger partial charge >= 0.3 is 0 Å². The molecule has 1 heterocycles. The molecule has 0 saturated carbocycles. The lowest BCUT2D eigenvalue weighted by molar-refractivity contribution is 0.600. The van der Waals surface area contributed by atoms with Gasteiger partial charge in [0.15, 0.2) is 5.82 Å². The first-order valence-electron chi connectivity index (χ1n) is 5.58. The number of rotatable bonds is 3. The molecule has 0 aliphatic rings. The van der Waals surface area contributed by atoms with E-state index in [0.717, 1.165) is 0 Å². The highest BCUT2D eigenvalue weighted by molar-refractivity contribution is 9.10. The Balaban J connectivity index is 2.44. The van der Waals surface area contributed by atoms with Gasteiger partial charge in [-0.1, -0.05) is 17.7 Å². The zero-order chi connectivity index (χ0) is 14.9. The number of sulfonamides is 1. The molecule has 0 unspecified atom stereocenters. The SMILES string of the molecule is Cc1cnc(NS(=O)(=O)c2cccc(Cl)c2C)c(Br)n1. The van der Waals surface area contributed by atoms with Crippen LogP contribution in [0, 0.1) is 13.8 Å². The van der Waals surface area contributed by atoms with Gasteiger partial charge in [0.2, 0.25) is 0 Å². The lowest BCUT2D eigenvalue weighted by Gasteiger charge is -2.11. The minimum atomic E-state index is -3.77. The van der Waals surface area contributed by atoms with Gasteiger partial charge in [0, 0.05) is 5.02 Å². The van der Waals surface area contributed by atoms with Crippen LogP contribution in [0.5, 0.6) is 0 Å². The summed E-state index contributed by atoms with van der Waals surface area (Å²) in [6.07, 6.45) is 1.48. The zero-order valence-corrected chi connectivity index (χ0v) is 13.8. The number of aryl methyl sites for hydroxylation is 1. The molecule has 1 aromatic carbocycles. The number of aromatic nitrogens is 2. The minimum absolute atomic E-state index is 0.110. The van der Waals surface area contributed by atoms with E-state index >= 15 is 0 Å². The van der Waals surface area contributed by atoms with Gasteiger partial charge in [-0.05, 0) is 47.5 Å². The molecule has 0 fully saturated rings. The molecule has 0 bridgehead atoms. The molecule has 1 N–H and O–H groups in total. The van der Waals surface area contributed by atoms with E-state index in [4.69, 9.17) is 11.6 Å². The second-order valence-electron chi connectivity index (χ2n) is 4.12. The molecule has 2 rings (SSSR count). The predicted octanol–water partition coefficient (Wildman–Crippen LogP) is 3.31. The van der Waals surface area contributed by atoms with Gasteiger partial charge in [-0.15, -0.1) is 0 Å². The van der Waals surface area contributed by atoms with Crippen molar-refractivity contribution >= 4 is 43.4 Å². The van der Waals surface area contributed by atoms with Gasteiger partial charge < -0.3 is 0 Å². The minimum Gasteiger partial charge on any atom is -0.261 e. The molecule has 0 aliphatic carbocycles. The van der Waals surface area contributed by atoms with Gasteiger partial charge in [0.25, 0.3) is 10.0 Å². The summed E-state index contributed by atoms with van der Waals surface area (Å²) in [5.41, 5.74) is 1.16. The smallest absolute Gasteiger partial charge is 0.261 e. The molecule has 8 heteroatoms. The molecular formula is C12H11BrClN3O2S. The summed E-state index contributed by atoms with van der Waals surface area (Å²) in [7, 11) is -3.77. The molecule has 2 aromatic rings. The molecular weight excluding hydrogens is 366 g/mol. The molecule has 0 spiro atoms. The van der Waals surface area contributed by atoms with Crippen LogP contribution in [-0.2, 0) is 10.0 Å². The van der Waals surface area contributed by atoms with Gasteiger partial charge in [-0.3, -0.25) is 4.72 Å². The lowest BCUT2D eigenvalue weighted by atomic mass is 10.2. The fourth-order valence-corrected chi connectivity index (χ4v) is 3.71. The first-order valence-corrected chi connectivity index (χ1v) is 8.24. The van der Waals surface area contributed by atoms with Crippen molar-refractivity contribution in [2.24, 2.45) is 0 Å². The van der Waals surface area contributed by atoms with E-state index in [9.17, 15) is 8.42 Å². The Morgan fingerprint density at radius 1 is 1.30 bits per heavy atom. The van der Waals surface area contributed by atoms with Crippen LogP contribution >= 0.6 is 27.5 Å². The Morgan fingerprint density at radius 3 is 2.65 bits per heavy atom. The first-order chi connectivity index (χ1) is 9.31. The summed E-state index contributed by atoms with van der Waals surface area (Å²) in [4.78, 5) is 8.21. The Bertz CT molecular complexity index is 765. The second kappa shape index (κ2) is 5.67. The van der Waals surface area contributed by atoms with Crippen LogP contribution in [-0.4, -0.2) is 18.4 Å². The van der Waals surface area contributed by atoms with Crippen molar-refractivity contribution in [3.63, 3.8) is 0 Å². The van der Waals surface area contributed by atoms with Crippen molar-refractivity contribution < 1.29 is 8.42 Å². The maximum absolute atomic E-state index is 12.4. The highest BCUT2D eigenvalue weighted by Crippen LogP contribution is 2.26. The van der Waals surface area contributed by atoms with Crippen LogP contribution < -0.4 is 4.72 Å². The van der Waals surface area contributed by atoms with Gasteiger partial charge in [-0.2, -0.15) is 0 Å². The molecule has 0 aliphatic heterocycles. The standard InChI is InChI=1S/C12H11BrClN3O2S/c1-7-6-15-12(11(13)16-7)17-20(18,19)10-5-3-4-9(14)8(10)2/h3-6H,1-2H3,(H,15,17). The van der Waals surface area contributed by atoms with Crippen molar-refractivity contribution in [1.29, 1.82) is 0 Å². The molecule has 0 atom stereocenters. The Hall–Kier alpha value is -1.18. The summed E-state index contributed by atoms with van der Waals surface area (Å²) in [6.45, 7) is 3.41. The van der Waals surface area contributed by atoms with Crippen LogP contribution in [0.2, 0.25) is 5.02 Å². The van der Waals surface area contributed by atoms with E-state index in [2.05, 4.69) is 30.6 Å². The molecule has 0 radical (unpaired) electrons. The highest BCUT2D eigenvalue weighted by atomic mass is 79.9. The van der Waals surface area contributed by atoms with E-state index < -0.39 is 10.0 Å². The van der Waals surface area contributed by atoms with E-state index in [1.54, 1.807) is 26.0 Å². The van der Waals surface area contributed by atoms with Crippen molar-refractivity contribution in [1.82, 2.24) is 9.97 Å². The number of benzene rings is 1. The highest BCUT2D eigenvalue weighted by Gasteiger charge is 2.20. The number of hydrogen-bond donors (Lipinski definition) is 1. The molecule has 0 saturated heterocycles. The molecule has 0 amide bonds. The predicted molar refractivity (Wildman–Crippen MR) is 81.5 cm³/mol. The van der Waals surface area contributed by atoms with Crippen LogP contribution in [0.1, 0.15) is 11.3 Å². The van der Waals surface area contributed by atoms with Crippen molar-refractivity contribution in [2.45, 2.75) is 18.7 Å².